The summed E-state index contributed by atoms with van der Waals surface area (Å²) in [7, 11) is -2.62. The van der Waals surface area contributed by atoms with Crippen LogP contribution in [0.3, 0.4) is 0 Å². The van der Waals surface area contributed by atoms with Crippen molar-refractivity contribution in [3.8, 4) is 0 Å². The number of dihydropyridines is 1. The first-order chi connectivity index (χ1) is 18.7. The zero-order chi connectivity index (χ0) is 25.5. The van der Waals surface area contributed by atoms with Crippen molar-refractivity contribution in [3.63, 3.8) is 0 Å². The van der Waals surface area contributed by atoms with Crippen LogP contribution in [0.1, 0.15) is 30.7 Å². The Kier molecular flexibility index (Phi) is 6.07. The molecule has 0 amide bonds. The van der Waals surface area contributed by atoms with Crippen LogP contribution in [0.4, 0.5) is 5.69 Å². The molecule has 3 nitrogen and oxygen atoms in total. The van der Waals surface area contributed by atoms with Crippen molar-refractivity contribution in [2.75, 3.05) is 5.32 Å². The highest BCUT2D eigenvalue weighted by Gasteiger charge is 2.50. The maximum Gasteiger partial charge on any atom is 0.214 e. The molecule has 0 aromatic heterocycles. The van der Waals surface area contributed by atoms with Crippen LogP contribution < -0.4 is 15.9 Å². The standard InChI is InChI=1S/C34H34N2OP/c37-38(25-12-3-1-4-13-25,26-14-5-2-6-15-26)27-20-22-32(35-23-27)34-30-21-19-24-11-7-8-16-28(24)33(30)29-17-9-10-18-31(29)36-34/h1-7,9-14,17-23,26,28,32-37H,8,15-16H2/q+1. The minimum absolute atomic E-state index is 0.0807. The molecule has 0 fully saturated rings. The van der Waals surface area contributed by atoms with Gasteiger partial charge in [0.15, 0.2) is 0 Å². The molecule has 0 saturated heterocycles. The van der Waals surface area contributed by atoms with Gasteiger partial charge in [-0.3, -0.25) is 0 Å². The van der Waals surface area contributed by atoms with Gasteiger partial charge in [-0.05, 0) is 65.8 Å². The zero-order valence-corrected chi connectivity index (χ0v) is 22.3. The molecule has 4 heteroatoms. The first-order valence-corrected chi connectivity index (χ1v) is 15.6. The molecule has 6 unspecified atom stereocenters. The molecule has 2 aliphatic heterocycles. The Labute approximate surface area is 226 Å². The summed E-state index contributed by atoms with van der Waals surface area (Å²) < 4.78 is 0. The molecule has 0 radical (unpaired) electrons. The van der Waals surface area contributed by atoms with E-state index in [0.717, 1.165) is 23.5 Å². The first kappa shape index (κ1) is 23.7. The summed E-state index contributed by atoms with van der Waals surface area (Å²) in [4.78, 5) is 12.4. The summed E-state index contributed by atoms with van der Waals surface area (Å²) >= 11 is 0. The van der Waals surface area contributed by atoms with Crippen molar-refractivity contribution in [2.45, 2.75) is 42.9 Å². The second kappa shape index (κ2) is 9.73. The number of nitrogens with one attached hydrogen (secondary N) is 2. The third kappa shape index (κ3) is 3.88. The van der Waals surface area contributed by atoms with Crippen molar-refractivity contribution >= 4 is 18.5 Å². The second-order valence-corrected chi connectivity index (χ2v) is 13.9. The Balaban J connectivity index is 1.23. The van der Waals surface area contributed by atoms with Gasteiger partial charge in [0.1, 0.15) is 16.3 Å². The van der Waals surface area contributed by atoms with Crippen molar-refractivity contribution in [3.05, 3.63) is 144 Å². The van der Waals surface area contributed by atoms with Crippen molar-refractivity contribution < 1.29 is 4.89 Å². The molecule has 3 aliphatic carbocycles. The smallest absolute Gasteiger partial charge is 0.214 e. The highest BCUT2D eigenvalue weighted by molar-refractivity contribution is 7.82. The van der Waals surface area contributed by atoms with E-state index in [1.165, 1.54) is 28.8 Å². The Morgan fingerprint density at radius 3 is 2.55 bits per heavy atom. The van der Waals surface area contributed by atoms with E-state index in [0.29, 0.717) is 11.8 Å². The number of anilines is 1. The van der Waals surface area contributed by atoms with Crippen molar-refractivity contribution in [1.82, 2.24) is 5.32 Å². The number of hydrogen-bond acceptors (Lipinski definition) is 3. The molecule has 38 heavy (non-hydrogen) atoms. The summed E-state index contributed by atoms with van der Waals surface area (Å²) in [6, 6.07) is 19.3. The van der Waals surface area contributed by atoms with Gasteiger partial charge in [-0.1, -0.05) is 85.0 Å². The zero-order valence-electron chi connectivity index (χ0n) is 21.4. The normalized spacial score (nSPS) is 30.3. The van der Waals surface area contributed by atoms with Gasteiger partial charge < -0.3 is 10.6 Å². The molecule has 3 N–H and O–H groups in total. The second-order valence-electron chi connectivity index (χ2n) is 10.9. The van der Waals surface area contributed by atoms with Gasteiger partial charge in [-0.2, -0.15) is 0 Å². The number of para-hydroxylation sites is 1. The van der Waals surface area contributed by atoms with E-state index >= 15 is 0 Å². The number of hydrogen-bond donors (Lipinski definition) is 3. The molecule has 6 atom stereocenters. The quantitative estimate of drug-likeness (QED) is 0.387. The van der Waals surface area contributed by atoms with E-state index in [1.54, 1.807) is 0 Å². The number of allylic oxidation sites excluding steroid dienone is 11. The maximum absolute atomic E-state index is 12.4. The van der Waals surface area contributed by atoms with Gasteiger partial charge >= 0.3 is 0 Å². The van der Waals surface area contributed by atoms with Crippen LogP contribution in [-0.4, -0.2) is 22.6 Å². The lowest BCUT2D eigenvalue weighted by atomic mass is 9.66. The van der Waals surface area contributed by atoms with Gasteiger partial charge in [-0.25, -0.2) is 4.89 Å². The van der Waals surface area contributed by atoms with Gasteiger partial charge in [0.05, 0.1) is 12.1 Å². The van der Waals surface area contributed by atoms with E-state index in [1.807, 2.05) is 18.2 Å². The molecular weight excluding hydrogens is 483 g/mol. The monoisotopic (exact) mass is 517 g/mol. The highest BCUT2D eigenvalue weighted by Crippen LogP contribution is 2.67. The van der Waals surface area contributed by atoms with Crippen LogP contribution in [0.2, 0.25) is 0 Å². The third-order valence-corrected chi connectivity index (χ3v) is 12.3. The lowest BCUT2D eigenvalue weighted by molar-refractivity contribution is 0.450. The summed E-state index contributed by atoms with van der Waals surface area (Å²) in [5, 5.41) is 9.65. The molecule has 0 saturated carbocycles. The van der Waals surface area contributed by atoms with E-state index < -0.39 is 7.49 Å². The van der Waals surface area contributed by atoms with Crippen LogP contribution >= 0.6 is 7.49 Å². The molecule has 7 rings (SSSR count). The Bertz CT molecular complexity index is 1450. The molecule has 5 aliphatic rings. The lowest BCUT2D eigenvalue weighted by Crippen LogP contribution is -2.48. The summed E-state index contributed by atoms with van der Waals surface area (Å²) in [5.74, 6) is 0.931. The van der Waals surface area contributed by atoms with Crippen LogP contribution in [0.5, 0.6) is 0 Å². The van der Waals surface area contributed by atoms with Crippen molar-refractivity contribution in [1.29, 1.82) is 0 Å². The van der Waals surface area contributed by atoms with E-state index in [4.69, 9.17) is 0 Å². The average Bonchev–Trinajstić information content (AvgIpc) is 3.01. The van der Waals surface area contributed by atoms with E-state index in [2.05, 4.69) is 114 Å². The van der Waals surface area contributed by atoms with Gasteiger partial charge in [0.25, 0.3) is 0 Å². The average molecular weight is 518 g/mol. The Morgan fingerprint density at radius 2 is 1.74 bits per heavy atom. The highest BCUT2D eigenvalue weighted by atomic mass is 31.2. The predicted octanol–water partition coefficient (Wildman–Crippen LogP) is 6.90. The number of benzene rings is 2. The number of rotatable bonds is 4. The molecular formula is C34H34N2OP+. The van der Waals surface area contributed by atoms with Crippen LogP contribution in [0, 0.1) is 5.92 Å². The SMILES string of the molecule is O[P+](C1=CNC(C2Nc3ccccc3C3C2=CC=C2C=CCCC23)C=C1)(c1ccccc1)C1C=CC=CC1. The molecule has 2 aromatic rings. The summed E-state index contributed by atoms with van der Waals surface area (Å²) in [6.45, 7) is 0. The van der Waals surface area contributed by atoms with Gasteiger partial charge in [-0.15, -0.1) is 0 Å². The number of fused-ring (bicyclic) bond motifs is 5. The van der Waals surface area contributed by atoms with Crippen molar-refractivity contribution in [2.24, 2.45) is 5.92 Å². The maximum atomic E-state index is 12.4. The molecule has 190 valence electrons. The van der Waals surface area contributed by atoms with Gasteiger partial charge in [0.2, 0.25) is 7.49 Å². The van der Waals surface area contributed by atoms with E-state index in [9.17, 15) is 4.89 Å². The summed E-state index contributed by atoms with van der Waals surface area (Å²) in [6.07, 6.45) is 27.6. The fraction of sp³-hybridized carbons (Fsp3) is 0.235. The largest absolute Gasteiger partial charge is 0.379 e. The fourth-order valence-electron chi connectivity index (χ4n) is 6.93. The molecule has 0 spiro atoms. The molecule has 2 heterocycles. The van der Waals surface area contributed by atoms with Crippen LogP contribution in [-0.2, 0) is 0 Å². The van der Waals surface area contributed by atoms with E-state index in [-0.39, 0.29) is 17.7 Å². The van der Waals surface area contributed by atoms with Crippen LogP contribution in [0.25, 0.3) is 0 Å². The third-order valence-electron chi connectivity index (χ3n) is 8.82. The minimum Gasteiger partial charge on any atom is -0.379 e. The minimum atomic E-state index is -2.62. The van der Waals surface area contributed by atoms with Gasteiger partial charge in [0, 0.05) is 24.2 Å². The predicted molar refractivity (Wildman–Crippen MR) is 161 cm³/mol. The first-order valence-electron chi connectivity index (χ1n) is 13.8. The fourth-order valence-corrected chi connectivity index (χ4v) is 9.98. The Morgan fingerprint density at radius 1 is 0.868 bits per heavy atom. The van der Waals surface area contributed by atoms with Crippen LogP contribution in [0.15, 0.2) is 138 Å². The topological polar surface area (TPSA) is 44.3 Å². The lowest BCUT2D eigenvalue weighted by Gasteiger charge is -2.45. The Hall–Kier alpha value is -3.39. The summed E-state index contributed by atoms with van der Waals surface area (Å²) in [5.41, 5.74) is 5.66. The molecule has 0 bridgehead atoms. The molecule has 2 aromatic carbocycles.